The lowest BCUT2D eigenvalue weighted by molar-refractivity contribution is -0.137. The van der Waals surface area contributed by atoms with Crippen LogP contribution < -0.4 is 10.6 Å². The van der Waals surface area contributed by atoms with Crippen LogP contribution in [0, 0.1) is 12.8 Å². The second-order valence-corrected chi connectivity index (χ2v) is 7.43. The van der Waals surface area contributed by atoms with Crippen LogP contribution in [0.3, 0.4) is 0 Å². The Balaban J connectivity index is 2.16. The number of amides is 2. The first kappa shape index (κ1) is 19.1. The Morgan fingerprint density at radius 1 is 1.11 bits per heavy atom. The van der Waals surface area contributed by atoms with Gasteiger partial charge in [0.2, 0.25) is 5.91 Å². The number of para-hydroxylation sites is 1. The van der Waals surface area contributed by atoms with E-state index in [0.717, 1.165) is 22.4 Å². The molecule has 0 fully saturated rings. The molecule has 0 saturated carbocycles. The smallest absolute Gasteiger partial charge is 0.256 e. The van der Waals surface area contributed by atoms with Gasteiger partial charge in [-0.25, -0.2) is 0 Å². The molecule has 0 saturated heterocycles. The summed E-state index contributed by atoms with van der Waals surface area (Å²) < 4.78 is 6.25. The summed E-state index contributed by atoms with van der Waals surface area (Å²) in [4.78, 5) is 26.6. The van der Waals surface area contributed by atoms with Gasteiger partial charge < -0.3 is 15.4 Å². The highest BCUT2D eigenvalue weighted by molar-refractivity contribution is 6.00. The minimum Gasteiger partial charge on any atom is -0.370 e. The Hall–Kier alpha value is -2.66. The molecule has 0 spiro atoms. The quantitative estimate of drug-likeness (QED) is 0.882. The predicted molar refractivity (Wildman–Crippen MR) is 105 cm³/mol. The maximum absolute atomic E-state index is 13.2. The lowest BCUT2D eigenvalue weighted by Gasteiger charge is -2.26. The van der Waals surface area contributed by atoms with Crippen LogP contribution in [0.4, 0.5) is 5.69 Å². The van der Waals surface area contributed by atoms with Crippen LogP contribution in [0.1, 0.15) is 43.1 Å². The summed E-state index contributed by atoms with van der Waals surface area (Å²) in [5, 5.41) is 0. The molecule has 2 atom stereocenters. The molecule has 0 aromatic heterocycles. The molecule has 142 valence electrons. The van der Waals surface area contributed by atoms with Crippen molar-refractivity contribution in [3.63, 3.8) is 0 Å². The average molecular weight is 366 g/mol. The summed E-state index contributed by atoms with van der Waals surface area (Å²) in [5.74, 6) is -0.496. The normalized spacial score (nSPS) is 19.7. The van der Waals surface area contributed by atoms with Crippen molar-refractivity contribution in [2.75, 3.05) is 11.4 Å². The topological polar surface area (TPSA) is 72.6 Å². The summed E-state index contributed by atoms with van der Waals surface area (Å²) in [6, 6.07) is 15.7. The van der Waals surface area contributed by atoms with Crippen molar-refractivity contribution in [3.05, 3.63) is 65.2 Å². The van der Waals surface area contributed by atoms with Crippen LogP contribution in [0.2, 0.25) is 0 Å². The van der Waals surface area contributed by atoms with Gasteiger partial charge in [0.25, 0.3) is 5.91 Å². The van der Waals surface area contributed by atoms with E-state index in [0.29, 0.717) is 6.54 Å². The molecule has 1 aliphatic rings. The van der Waals surface area contributed by atoms with Gasteiger partial charge in [0.05, 0.1) is 6.42 Å². The summed E-state index contributed by atoms with van der Waals surface area (Å²) in [6.45, 7) is 6.69. The number of primary amides is 1. The number of hydrogen-bond acceptors (Lipinski definition) is 3. The highest BCUT2D eigenvalue weighted by atomic mass is 16.5. The van der Waals surface area contributed by atoms with E-state index in [9.17, 15) is 9.59 Å². The molecule has 0 aliphatic carbocycles. The van der Waals surface area contributed by atoms with Gasteiger partial charge in [-0.15, -0.1) is 0 Å². The second-order valence-electron chi connectivity index (χ2n) is 7.43. The predicted octanol–water partition coefficient (Wildman–Crippen LogP) is 3.35. The zero-order valence-corrected chi connectivity index (χ0v) is 16.0. The zero-order valence-electron chi connectivity index (χ0n) is 16.0. The largest absolute Gasteiger partial charge is 0.370 e. The third-order valence-corrected chi connectivity index (χ3v) is 4.76. The zero-order chi connectivity index (χ0) is 19.6. The Kier molecular flexibility index (Phi) is 5.61. The van der Waals surface area contributed by atoms with Crippen molar-refractivity contribution >= 4 is 17.5 Å². The van der Waals surface area contributed by atoms with Crippen LogP contribution in [0.25, 0.3) is 0 Å². The highest BCUT2D eigenvalue weighted by Gasteiger charge is 2.37. The molecule has 27 heavy (non-hydrogen) atoms. The third kappa shape index (κ3) is 4.03. The minimum absolute atomic E-state index is 0.135. The number of carbonyl (C=O) groups is 2. The summed E-state index contributed by atoms with van der Waals surface area (Å²) in [5.41, 5.74) is 9.22. The fourth-order valence-electron chi connectivity index (χ4n) is 3.54. The van der Waals surface area contributed by atoms with Crippen LogP contribution in [0.5, 0.6) is 0 Å². The molecule has 0 bridgehead atoms. The van der Waals surface area contributed by atoms with Gasteiger partial charge in [-0.1, -0.05) is 56.3 Å². The maximum Gasteiger partial charge on any atom is 0.256 e. The standard InChI is InChI=1S/C22H26N2O3/c1-14(2)13-24-18-11-7-6-10-17(18)21(16-9-5-4-8-15(16)3)27-19(22(24)26)12-20(23)25/h4-11,14,19,21H,12-13H2,1-3H3,(H2,23,25). The van der Waals surface area contributed by atoms with E-state index in [1.54, 1.807) is 4.90 Å². The van der Waals surface area contributed by atoms with E-state index in [2.05, 4.69) is 13.8 Å². The van der Waals surface area contributed by atoms with Crippen LogP contribution in [-0.2, 0) is 14.3 Å². The Labute approximate surface area is 160 Å². The van der Waals surface area contributed by atoms with Gasteiger partial charge in [0.15, 0.2) is 0 Å². The third-order valence-electron chi connectivity index (χ3n) is 4.76. The minimum atomic E-state index is -0.904. The van der Waals surface area contributed by atoms with Crippen molar-refractivity contribution in [1.29, 1.82) is 0 Å². The number of benzene rings is 2. The molecule has 2 aromatic rings. The Morgan fingerprint density at radius 3 is 2.37 bits per heavy atom. The number of anilines is 1. The van der Waals surface area contributed by atoms with Crippen LogP contribution >= 0.6 is 0 Å². The van der Waals surface area contributed by atoms with E-state index in [1.165, 1.54) is 0 Å². The van der Waals surface area contributed by atoms with Gasteiger partial charge in [0.1, 0.15) is 12.2 Å². The number of carbonyl (C=O) groups excluding carboxylic acids is 2. The number of hydrogen-bond donors (Lipinski definition) is 1. The van der Waals surface area contributed by atoms with Gasteiger partial charge in [-0.2, -0.15) is 0 Å². The van der Waals surface area contributed by atoms with Crippen LogP contribution in [-0.4, -0.2) is 24.5 Å². The van der Waals surface area contributed by atoms with Gasteiger partial charge in [0, 0.05) is 17.8 Å². The van der Waals surface area contributed by atoms with E-state index in [4.69, 9.17) is 10.5 Å². The first-order valence-corrected chi connectivity index (χ1v) is 9.28. The monoisotopic (exact) mass is 366 g/mol. The second kappa shape index (κ2) is 7.92. The lowest BCUT2D eigenvalue weighted by atomic mass is 9.95. The summed E-state index contributed by atoms with van der Waals surface area (Å²) >= 11 is 0. The molecule has 1 aliphatic heterocycles. The molecule has 2 N–H and O–H groups in total. The fraction of sp³-hybridized carbons (Fsp3) is 0.364. The van der Waals surface area contributed by atoms with E-state index in [-0.39, 0.29) is 18.2 Å². The van der Waals surface area contributed by atoms with Crippen molar-refractivity contribution < 1.29 is 14.3 Å². The molecular weight excluding hydrogens is 340 g/mol. The van der Waals surface area contributed by atoms with Crippen LogP contribution in [0.15, 0.2) is 48.5 Å². The summed E-state index contributed by atoms with van der Waals surface area (Å²) in [7, 11) is 0. The van der Waals surface area contributed by atoms with E-state index in [1.807, 2.05) is 55.5 Å². The first-order chi connectivity index (χ1) is 12.9. The number of ether oxygens (including phenoxy) is 1. The molecule has 3 rings (SSSR count). The molecular formula is C22H26N2O3. The van der Waals surface area contributed by atoms with Crippen molar-refractivity contribution in [2.24, 2.45) is 11.7 Å². The van der Waals surface area contributed by atoms with Crippen molar-refractivity contribution in [3.8, 4) is 0 Å². The number of nitrogens with zero attached hydrogens (tertiary/aromatic N) is 1. The van der Waals surface area contributed by atoms with Gasteiger partial charge >= 0.3 is 0 Å². The first-order valence-electron chi connectivity index (χ1n) is 9.28. The van der Waals surface area contributed by atoms with Crippen molar-refractivity contribution in [2.45, 2.75) is 39.4 Å². The molecule has 2 amide bonds. The summed E-state index contributed by atoms with van der Waals surface area (Å²) in [6.07, 6.45) is -1.48. The Bertz CT molecular complexity index is 847. The number of fused-ring (bicyclic) bond motifs is 1. The molecule has 0 radical (unpaired) electrons. The van der Waals surface area contributed by atoms with Gasteiger partial charge in [-0.3, -0.25) is 9.59 Å². The Morgan fingerprint density at radius 2 is 1.74 bits per heavy atom. The SMILES string of the molecule is Cc1ccccc1C1OC(CC(N)=O)C(=O)N(CC(C)C)c2ccccc21. The molecule has 1 heterocycles. The highest BCUT2D eigenvalue weighted by Crippen LogP contribution is 2.39. The number of nitrogens with two attached hydrogens (primary N) is 1. The molecule has 2 aromatic carbocycles. The molecule has 5 nitrogen and oxygen atoms in total. The molecule has 5 heteroatoms. The fourth-order valence-corrected chi connectivity index (χ4v) is 3.54. The lowest BCUT2D eigenvalue weighted by Crippen LogP contribution is -2.43. The maximum atomic E-state index is 13.2. The number of aryl methyl sites for hydroxylation is 1. The van der Waals surface area contributed by atoms with E-state index < -0.39 is 18.1 Å². The van der Waals surface area contributed by atoms with E-state index >= 15 is 0 Å². The van der Waals surface area contributed by atoms with Crippen molar-refractivity contribution in [1.82, 2.24) is 0 Å². The number of rotatable bonds is 5. The molecule has 2 unspecified atom stereocenters. The average Bonchev–Trinajstić information content (AvgIpc) is 2.72. The van der Waals surface area contributed by atoms with Gasteiger partial charge in [-0.05, 0) is 30.0 Å².